The molecule has 0 bridgehead atoms. The van der Waals surface area contributed by atoms with Crippen LogP contribution in [0.4, 0.5) is 0 Å². The molecule has 1 aromatic heterocycles. The van der Waals surface area contributed by atoms with E-state index in [1.807, 2.05) is 30.3 Å². The van der Waals surface area contributed by atoms with Crippen LogP contribution in [0.5, 0.6) is 0 Å². The van der Waals surface area contributed by atoms with Gasteiger partial charge in [-0.2, -0.15) is 0 Å². The van der Waals surface area contributed by atoms with E-state index in [-0.39, 0.29) is 0 Å². The molecule has 1 atom stereocenters. The Kier molecular flexibility index (Phi) is 4.24. The molecule has 2 N–H and O–H groups in total. The molecule has 0 spiro atoms. The van der Waals surface area contributed by atoms with Crippen molar-refractivity contribution in [3.63, 3.8) is 0 Å². The minimum atomic E-state index is -0.485. The Balaban J connectivity index is 1.79. The molecule has 3 heteroatoms. The monoisotopic (exact) mass is 228 g/mol. The number of nitrogens with one attached hydrogen (secondary N) is 1. The number of nitrogens with zero attached hydrogens (tertiary/aromatic N) is 1. The quantitative estimate of drug-likeness (QED) is 0.821. The van der Waals surface area contributed by atoms with Gasteiger partial charge in [-0.25, -0.2) is 0 Å². The fraction of sp³-hybridized carbons (Fsp3) is 0.214. The maximum absolute atomic E-state index is 9.91. The maximum atomic E-state index is 9.91. The number of pyridine rings is 1. The Bertz CT molecular complexity index is 430. The van der Waals surface area contributed by atoms with Crippen LogP contribution in [0.1, 0.15) is 17.2 Å². The molecule has 0 saturated heterocycles. The van der Waals surface area contributed by atoms with E-state index in [4.69, 9.17) is 0 Å². The van der Waals surface area contributed by atoms with E-state index in [9.17, 15) is 5.11 Å². The predicted molar refractivity (Wildman–Crippen MR) is 67.3 cm³/mol. The molecule has 88 valence electrons. The standard InChI is InChI=1S/C14H16N2O/c17-14(13-6-8-15-9-7-13)11-16-10-12-4-2-1-3-5-12/h1-9,14,16-17H,10-11H2. The minimum Gasteiger partial charge on any atom is -0.387 e. The average Bonchev–Trinajstić information content (AvgIpc) is 2.41. The highest BCUT2D eigenvalue weighted by Crippen LogP contribution is 2.09. The fourth-order valence-electron chi connectivity index (χ4n) is 1.65. The van der Waals surface area contributed by atoms with E-state index < -0.39 is 6.10 Å². The van der Waals surface area contributed by atoms with Crippen LogP contribution in [0.2, 0.25) is 0 Å². The van der Waals surface area contributed by atoms with E-state index in [0.717, 1.165) is 12.1 Å². The molecular weight excluding hydrogens is 212 g/mol. The zero-order chi connectivity index (χ0) is 11.9. The van der Waals surface area contributed by atoms with Crippen LogP contribution in [0.15, 0.2) is 54.9 Å². The summed E-state index contributed by atoms with van der Waals surface area (Å²) in [5.41, 5.74) is 2.11. The first kappa shape index (κ1) is 11.8. The van der Waals surface area contributed by atoms with Crippen molar-refractivity contribution in [2.45, 2.75) is 12.6 Å². The number of rotatable bonds is 5. The molecule has 17 heavy (non-hydrogen) atoms. The van der Waals surface area contributed by atoms with Gasteiger partial charge in [0.1, 0.15) is 0 Å². The van der Waals surface area contributed by atoms with Crippen LogP contribution >= 0.6 is 0 Å². The third-order valence-electron chi connectivity index (χ3n) is 2.60. The molecule has 3 nitrogen and oxygen atoms in total. The van der Waals surface area contributed by atoms with E-state index in [2.05, 4.69) is 22.4 Å². The molecule has 0 aliphatic carbocycles. The lowest BCUT2D eigenvalue weighted by atomic mass is 10.1. The lowest BCUT2D eigenvalue weighted by Crippen LogP contribution is -2.21. The molecule has 1 aromatic carbocycles. The van der Waals surface area contributed by atoms with Gasteiger partial charge in [0.15, 0.2) is 0 Å². The van der Waals surface area contributed by atoms with Gasteiger partial charge in [-0.15, -0.1) is 0 Å². The van der Waals surface area contributed by atoms with Crippen molar-refractivity contribution in [3.05, 3.63) is 66.0 Å². The van der Waals surface area contributed by atoms with E-state index in [1.165, 1.54) is 5.56 Å². The van der Waals surface area contributed by atoms with E-state index in [0.29, 0.717) is 6.54 Å². The van der Waals surface area contributed by atoms with Crippen LogP contribution in [0.25, 0.3) is 0 Å². The molecular formula is C14H16N2O. The van der Waals surface area contributed by atoms with Gasteiger partial charge < -0.3 is 10.4 Å². The molecule has 2 rings (SSSR count). The predicted octanol–water partition coefficient (Wildman–Crippen LogP) is 1.90. The van der Waals surface area contributed by atoms with Gasteiger partial charge in [-0.3, -0.25) is 4.98 Å². The molecule has 1 heterocycles. The van der Waals surface area contributed by atoms with Gasteiger partial charge >= 0.3 is 0 Å². The number of aliphatic hydroxyl groups is 1. The second-order valence-corrected chi connectivity index (χ2v) is 3.91. The summed E-state index contributed by atoms with van der Waals surface area (Å²) in [4.78, 5) is 3.92. The summed E-state index contributed by atoms with van der Waals surface area (Å²) in [6, 6.07) is 13.8. The minimum absolute atomic E-state index is 0.485. The van der Waals surface area contributed by atoms with Crippen LogP contribution in [0.3, 0.4) is 0 Å². The van der Waals surface area contributed by atoms with Crippen LogP contribution in [0, 0.1) is 0 Å². The van der Waals surface area contributed by atoms with Gasteiger partial charge in [0.05, 0.1) is 6.10 Å². The van der Waals surface area contributed by atoms with Crippen molar-refractivity contribution in [2.75, 3.05) is 6.54 Å². The summed E-state index contributed by atoms with van der Waals surface area (Å²) in [6.45, 7) is 1.31. The second-order valence-electron chi connectivity index (χ2n) is 3.91. The van der Waals surface area contributed by atoms with Gasteiger partial charge in [-0.05, 0) is 23.3 Å². The van der Waals surface area contributed by atoms with Gasteiger partial charge in [0, 0.05) is 25.5 Å². The van der Waals surface area contributed by atoms with Gasteiger partial charge in [0.2, 0.25) is 0 Å². The van der Waals surface area contributed by atoms with Crippen molar-refractivity contribution in [2.24, 2.45) is 0 Å². The Labute approximate surface area is 101 Å². The third kappa shape index (κ3) is 3.66. The number of aromatic nitrogens is 1. The Morgan fingerprint density at radius 2 is 1.76 bits per heavy atom. The first-order valence-electron chi connectivity index (χ1n) is 5.69. The highest BCUT2D eigenvalue weighted by atomic mass is 16.3. The molecule has 2 aromatic rings. The summed E-state index contributed by atoms with van der Waals surface area (Å²) < 4.78 is 0. The Morgan fingerprint density at radius 1 is 1.06 bits per heavy atom. The van der Waals surface area contributed by atoms with E-state index >= 15 is 0 Å². The van der Waals surface area contributed by atoms with Crippen LogP contribution < -0.4 is 5.32 Å². The highest BCUT2D eigenvalue weighted by Gasteiger charge is 2.05. The number of aliphatic hydroxyl groups excluding tert-OH is 1. The molecule has 0 fully saturated rings. The van der Waals surface area contributed by atoms with Crippen LogP contribution in [-0.2, 0) is 6.54 Å². The van der Waals surface area contributed by atoms with Crippen molar-refractivity contribution >= 4 is 0 Å². The Morgan fingerprint density at radius 3 is 2.47 bits per heavy atom. The number of hydrogen-bond donors (Lipinski definition) is 2. The third-order valence-corrected chi connectivity index (χ3v) is 2.60. The fourth-order valence-corrected chi connectivity index (χ4v) is 1.65. The summed E-state index contributed by atoms with van der Waals surface area (Å²) in [6.07, 6.45) is 2.90. The molecule has 0 amide bonds. The smallest absolute Gasteiger partial charge is 0.0915 e. The highest BCUT2D eigenvalue weighted by molar-refractivity contribution is 5.15. The lowest BCUT2D eigenvalue weighted by Gasteiger charge is -2.11. The van der Waals surface area contributed by atoms with Gasteiger partial charge in [0.25, 0.3) is 0 Å². The summed E-state index contributed by atoms with van der Waals surface area (Å²) in [5.74, 6) is 0. The maximum Gasteiger partial charge on any atom is 0.0915 e. The normalized spacial score (nSPS) is 12.3. The molecule has 1 unspecified atom stereocenters. The van der Waals surface area contributed by atoms with Gasteiger partial charge in [-0.1, -0.05) is 30.3 Å². The molecule has 0 saturated carbocycles. The summed E-state index contributed by atoms with van der Waals surface area (Å²) >= 11 is 0. The molecule has 0 aliphatic rings. The first-order valence-corrected chi connectivity index (χ1v) is 5.69. The second kappa shape index (κ2) is 6.13. The molecule has 0 radical (unpaired) electrons. The SMILES string of the molecule is OC(CNCc1ccccc1)c1ccncc1. The van der Waals surface area contributed by atoms with Crippen molar-refractivity contribution in [1.82, 2.24) is 10.3 Å². The topological polar surface area (TPSA) is 45.1 Å². The first-order chi connectivity index (χ1) is 8.36. The zero-order valence-corrected chi connectivity index (χ0v) is 9.58. The van der Waals surface area contributed by atoms with Crippen molar-refractivity contribution in [3.8, 4) is 0 Å². The Hall–Kier alpha value is -1.71. The summed E-state index contributed by atoms with van der Waals surface area (Å²) in [5, 5.41) is 13.1. The lowest BCUT2D eigenvalue weighted by molar-refractivity contribution is 0.174. The average molecular weight is 228 g/mol. The number of benzene rings is 1. The van der Waals surface area contributed by atoms with Crippen molar-refractivity contribution < 1.29 is 5.11 Å². The largest absolute Gasteiger partial charge is 0.387 e. The number of hydrogen-bond acceptors (Lipinski definition) is 3. The molecule has 0 aliphatic heterocycles. The summed E-state index contributed by atoms with van der Waals surface area (Å²) in [7, 11) is 0. The van der Waals surface area contributed by atoms with E-state index in [1.54, 1.807) is 12.4 Å². The van der Waals surface area contributed by atoms with Crippen molar-refractivity contribution in [1.29, 1.82) is 0 Å². The van der Waals surface area contributed by atoms with Crippen LogP contribution in [-0.4, -0.2) is 16.6 Å². The zero-order valence-electron chi connectivity index (χ0n) is 9.58.